The van der Waals surface area contributed by atoms with Gasteiger partial charge in [0.25, 0.3) is 0 Å². The molecule has 0 bridgehead atoms. The second kappa shape index (κ2) is 7.45. The summed E-state index contributed by atoms with van der Waals surface area (Å²) in [6.45, 7) is 2.33. The van der Waals surface area contributed by atoms with Crippen molar-refractivity contribution < 1.29 is 4.79 Å². The highest BCUT2D eigenvalue weighted by molar-refractivity contribution is 5.88. The van der Waals surface area contributed by atoms with Gasteiger partial charge in [0.05, 0.1) is 0 Å². The maximum Gasteiger partial charge on any atom is 0.243 e. The number of nitrogens with zero attached hydrogens (tertiary/aromatic N) is 2. The summed E-state index contributed by atoms with van der Waals surface area (Å²) in [6, 6.07) is 19.1. The predicted octanol–water partition coefficient (Wildman–Crippen LogP) is 2.26. The number of likely N-dealkylation sites (N-methyl/N-ethyl adjacent to an activating group) is 1. The smallest absolute Gasteiger partial charge is 0.243 e. The van der Waals surface area contributed by atoms with Gasteiger partial charge in [0.1, 0.15) is 5.54 Å². The molecule has 4 nitrogen and oxygen atoms in total. The number of fused-ring (bicyclic) bond motifs is 1. The molecule has 4 rings (SSSR count). The third-order valence-corrected chi connectivity index (χ3v) is 6.30. The number of rotatable bonds is 5. The lowest BCUT2D eigenvalue weighted by molar-refractivity contribution is -0.142. The molecule has 2 aromatic carbocycles. The number of carbonyl (C=O) groups is 1. The Kier molecular flexibility index (Phi) is 5.02. The summed E-state index contributed by atoms with van der Waals surface area (Å²) in [5.41, 5.74) is 9.53. The molecule has 142 valence electrons. The van der Waals surface area contributed by atoms with Crippen LogP contribution in [-0.4, -0.2) is 54.0 Å². The zero-order valence-electron chi connectivity index (χ0n) is 16.1. The maximum absolute atomic E-state index is 13.7. The quantitative estimate of drug-likeness (QED) is 0.886. The van der Waals surface area contributed by atoms with Gasteiger partial charge in [-0.25, -0.2) is 0 Å². The second-order valence-electron chi connectivity index (χ2n) is 8.11. The van der Waals surface area contributed by atoms with E-state index in [9.17, 15) is 4.79 Å². The molecular formula is C23H29N3O. The molecule has 0 spiro atoms. The molecule has 1 amide bonds. The van der Waals surface area contributed by atoms with Crippen LogP contribution in [0.25, 0.3) is 0 Å². The molecule has 0 radical (unpaired) electrons. The molecule has 4 heteroatoms. The molecule has 0 aromatic heterocycles. The van der Waals surface area contributed by atoms with E-state index in [4.69, 9.17) is 5.73 Å². The number of carbonyl (C=O) groups excluding carboxylic acids is 1. The zero-order valence-corrected chi connectivity index (χ0v) is 16.1. The van der Waals surface area contributed by atoms with Gasteiger partial charge in [-0.15, -0.1) is 0 Å². The first-order valence-corrected chi connectivity index (χ1v) is 9.95. The molecule has 1 atom stereocenters. The van der Waals surface area contributed by atoms with Crippen LogP contribution in [0.15, 0.2) is 54.6 Å². The topological polar surface area (TPSA) is 49.6 Å². The standard InChI is InChI=1S/C23H29N3O/c1-25(13-11-18-7-3-2-4-8-18)23(22(27)26-14-12-21(24)17-26)15-19-9-5-6-10-20(19)16-23/h2-10,21H,11-17,24H2,1H3/t21-/m1/s1. The number of hydrogen-bond acceptors (Lipinski definition) is 3. The number of hydrogen-bond donors (Lipinski definition) is 1. The summed E-state index contributed by atoms with van der Waals surface area (Å²) in [5, 5.41) is 0. The Balaban J connectivity index is 1.58. The minimum atomic E-state index is -0.484. The van der Waals surface area contributed by atoms with Gasteiger partial charge in [0.15, 0.2) is 0 Å². The lowest BCUT2D eigenvalue weighted by Gasteiger charge is -2.40. The largest absolute Gasteiger partial charge is 0.339 e. The van der Waals surface area contributed by atoms with Crippen LogP contribution >= 0.6 is 0 Å². The highest BCUT2D eigenvalue weighted by atomic mass is 16.2. The van der Waals surface area contributed by atoms with Crippen molar-refractivity contribution in [2.75, 3.05) is 26.7 Å². The number of benzene rings is 2. The van der Waals surface area contributed by atoms with E-state index >= 15 is 0 Å². The fourth-order valence-corrected chi connectivity index (χ4v) is 4.60. The van der Waals surface area contributed by atoms with Gasteiger partial charge in [0.2, 0.25) is 5.91 Å². The summed E-state index contributed by atoms with van der Waals surface area (Å²) in [5.74, 6) is 0.252. The fraction of sp³-hybridized carbons (Fsp3) is 0.435. The van der Waals surface area contributed by atoms with Gasteiger partial charge >= 0.3 is 0 Å². The Morgan fingerprint density at radius 1 is 1.11 bits per heavy atom. The molecule has 0 unspecified atom stereocenters. The van der Waals surface area contributed by atoms with E-state index < -0.39 is 5.54 Å². The second-order valence-corrected chi connectivity index (χ2v) is 8.11. The molecule has 2 N–H and O–H groups in total. The summed E-state index contributed by atoms with van der Waals surface area (Å²) in [4.78, 5) is 18.0. The molecule has 0 saturated carbocycles. The van der Waals surface area contributed by atoms with Crippen molar-refractivity contribution in [2.24, 2.45) is 5.73 Å². The zero-order chi connectivity index (χ0) is 18.9. The van der Waals surface area contributed by atoms with Gasteiger partial charge in [-0.3, -0.25) is 9.69 Å². The first-order chi connectivity index (χ1) is 13.1. The first kappa shape index (κ1) is 18.2. The minimum Gasteiger partial charge on any atom is -0.339 e. The molecule has 1 aliphatic carbocycles. The Hall–Kier alpha value is -2.17. The normalized spacial score (nSPS) is 20.9. The molecular weight excluding hydrogens is 334 g/mol. The van der Waals surface area contributed by atoms with E-state index in [-0.39, 0.29) is 11.9 Å². The van der Waals surface area contributed by atoms with Crippen molar-refractivity contribution in [1.29, 1.82) is 0 Å². The maximum atomic E-state index is 13.7. The van der Waals surface area contributed by atoms with E-state index in [1.807, 2.05) is 11.0 Å². The minimum absolute atomic E-state index is 0.115. The van der Waals surface area contributed by atoms with Crippen molar-refractivity contribution >= 4 is 5.91 Å². The lowest BCUT2D eigenvalue weighted by Crippen LogP contribution is -2.59. The van der Waals surface area contributed by atoms with Gasteiger partial charge in [-0.2, -0.15) is 0 Å². The molecule has 1 heterocycles. The summed E-state index contributed by atoms with van der Waals surface area (Å²) in [6.07, 6.45) is 3.43. The average Bonchev–Trinajstić information content (AvgIpc) is 3.30. The summed E-state index contributed by atoms with van der Waals surface area (Å²) >= 11 is 0. The van der Waals surface area contributed by atoms with Crippen LogP contribution in [0.1, 0.15) is 23.1 Å². The Labute approximate surface area is 162 Å². The molecule has 2 aromatic rings. The van der Waals surface area contributed by atoms with Crippen LogP contribution in [0.3, 0.4) is 0 Å². The third kappa shape index (κ3) is 3.52. The van der Waals surface area contributed by atoms with E-state index in [0.29, 0.717) is 6.54 Å². The molecule has 1 saturated heterocycles. The van der Waals surface area contributed by atoms with Crippen LogP contribution in [-0.2, 0) is 24.1 Å². The first-order valence-electron chi connectivity index (χ1n) is 9.95. The van der Waals surface area contributed by atoms with Crippen molar-refractivity contribution in [3.63, 3.8) is 0 Å². The van der Waals surface area contributed by atoms with Crippen molar-refractivity contribution in [2.45, 2.75) is 37.3 Å². The number of amides is 1. The van der Waals surface area contributed by atoms with E-state index in [2.05, 4.69) is 60.5 Å². The fourth-order valence-electron chi connectivity index (χ4n) is 4.60. The van der Waals surface area contributed by atoms with Crippen molar-refractivity contribution in [1.82, 2.24) is 9.80 Å². The van der Waals surface area contributed by atoms with Gasteiger partial charge < -0.3 is 10.6 Å². The summed E-state index contributed by atoms with van der Waals surface area (Å²) < 4.78 is 0. The van der Waals surface area contributed by atoms with Crippen LogP contribution in [0.2, 0.25) is 0 Å². The number of likely N-dealkylation sites (tertiary alicyclic amines) is 1. The number of nitrogens with two attached hydrogens (primary N) is 1. The van der Waals surface area contributed by atoms with Crippen LogP contribution in [0.5, 0.6) is 0 Å². The average molecular weight is 364 g/mol. The SMILES string of the molecule is CN(CCc1ccccc1)C1(C(=O)N2CC[C@@H](N)C2)Cc2ccccc2C1. The van der Waals surface area contributed by atoms with E-state index in [1.165, 1.54) is 16.7 Å². The Bertz CT molecular complexity index is 779. The molecule has 1 fully saturated rings. The van der Waals surface area contributed by atoms with E-state index in [0.717, 1.165) is 38.8 Å². The van der Waals surface area contributed by atoms with Crippen molar-refractivity contribution in [3.05, 3.63) is 71.3 Å². The molecule has 2 aliphatic rings. The van der Waals surface area contributed by atoms with Crippen molar-refractivity contribution in [3.8, 4) is 0 Å². The third-order valence-electron chi connectivity index (χ3n) is 6.30. The molecule has 1 aliphatic heterocycles. The van der Waals surface area contributed by atoms with E-state index in [1.54, 1.807) is 0 Å². The highest BCUT2D eigenvalue weighted by Crippen LogP contribution is 2.36. The summed E-state index contributed by atoms with van der Waals surface area (Å²) in [7, 11) is 2.11. The highest BCUT2D eigenvalue weighted by Gasteiger charge is 2.49. The Morgan fingerprint density at radius 3 is 2.33 bits per heavy atom. The van der Waals surface area contributed by atoms with Gasteiger partial charge in [-0.05, 0) is 36.6 Å². The Morgan fingerprint density at radius 2 is 1.74 bits per heavy atom. The predicted molar refractivity (Wildman–Crippen MR) is 109 cm³/mol. The monoisotopic (exact) mass is 363 g/mol. The van der Waals surface area contributed by atoms with Gasteiger partial charge in [0, 0.05) is 38.5 Å². The molecule has 27 heavy (non-hydrogen) atoms. The lowest BCUT2D eigenvalue weighted by atomic mass is 9.91. The van der Waals surface area contributed by atoms with Gasteiger partial charge in [-0.1, -0.05) is 54.6 Å². The van der Waals surface area contributed by atoms with Crippen LogP contribution < -0.4 is 5.73 Å². The van der Waals surface area contributed by atoms with Crippen LogP contribution in [0, 0.1) is 0 Å². The van der Waals surface area contributed by atoms with Crippen LogP contribution in [0.4, 0.5) is 0 Å².